The third-order valence-corrected chi connectivity index (χ3v) is 7.43. The smallest absolute Gasteiger partial charge is 0.333 e. The number of carboxylic acid groups (broad SMARTS) is 1. The Hall–Kier alpha value is -4.19. The average Bonchev–Trinajstić information content (AvgIpc) is 3.15. The number of fused-ring (bicyclic) bond motifs is 2. The standard InChI is InChI=1S/C36H36O5/c1-3-7-25-12-19-32-30(22-25)16-14-28-13-15-29(27-8-5-4-6-9-27)24-33(28)35(32)41-21-20-40-31-17-10-26(11-18-31)23-34(39-2)36(37)38/h4-6,8-19,22,24,34-35H,3,7,20-21,23H2,1-2H3,(H,37,38). The molecule has 0 saturated heterocycles. The lowest BCUT2D eigenvalue weighted by atomic mass is 9.92. The van der Waals surface area contributed by atoms with Gasteiger partial charge in [0.05, 0.1) is 6.61 Å². The van der Waals surface area contributed by atoms with Crippen LogP contribution in [0, 0.1) is 0 Å². The van der Waals surface area contributed by atoms with Crippen molar-refractivity contribution < 1.29 is 24.1 Å². The second-order valence-corrected chi connectivity index (χ2v) is 10.3. The predicted molar refractivity (Wildman–Crippen MR) is 163 cm³/mol. The first-order valence-electron chi connectivity index (χ1n) is 14.1. The topological polar surface area (TPSA) is 65.0 Å². The van der Waals surface area contributed by atoms with Gasteiger partial charge in [-0.25, -0.2) is 4.79 Å². The molecule has 2 unspecified atom stereocenters. The van der Waals surface area contributed by atoms with Gasteiger partial charge in [-0.3, -0.25) is 0 Å². The van der Waals surface area contributed by atoms with Crippen LogP contribution in [0.2, 0.25) is 0 Å². The molecule has 4 aromatic rings. The van der Waals surface area contributed by atoms with Crippen molar-refractivity contribution in [1.82, 2.24) is 0 Å². The summed E-state index contributed by atoms with van der Waals surface area (Å²) in [6, 6.07) is 31.2. The lowest BCUT2D eigenvalue weighted by molar-refractivity contribution is -0.148. The maximum absolute atomic E-state index is 11.3. The second kappa shape index (κ2) is 13.4. The summed E-state index contributed by atoms with van der Waals surface area (Å²) < 4.78 is 17.6. The lowest BCUT2D eigenvalue weighted by Crippen LogP contribution is -2.24. The molecule has 5 heteroatoms. The molecular weight excluding hydrogens is 512 g/mol. The Labute approximate surface area is 242 Å². The van der Waals surface area contributed by atoms with E-state index in [-0.39, 0.29) is 6.10 Å². The van der Waals surface area contributed by atoms with Gasteiger partial charge in [-0.1, -0.05) is 98.3 Å². The van der Waals surface area contributed by atoms with Gasteiger partial charge in [0.2, 0.25) is 0 Å². The molecule has 0 bridgehead atoms. The normalized spacial score (nSPS) is 14.5. The van der Waals surface area contributed by atoms with Gasteiger partial charge in [0.25, 0.3) is 0 Å². The SMILES string of the molecule is CCCc1ccc2c(c1)C=Cc1ccc(-c3ccccc3)cc1C2OCCOc1ccc(CC(OC)C(=O)O)cc1. The van der Waals surface area contributed by atoms with Crippen molar-refractivity contribution in [2.24, 2.45) is 0 Å². The summed E-state index contributed by atoms with van der Waals surface area (Å²) in [5.41, 5.74) is 9.16. The molecule has 4 aromatic carbocycles. The van der Waals surface area contributed by atoms with Gasteiger partial charge >= 0.3 is 5.97 Å². The predicted octanol–water partition coefficient (Wildman–Crippen LogP) is 7.62. The molecule has 0 spiro atoms. The van der Waals surface area contributed by atoms with Gasteiger partial charge in [0, 0.05) is 13.5 Å². The number of aryl methyl sites for hydroxylation is 1. The maximum Gasteiger partial charge on any atom is 0.333 e. The minimum atomic E-state index is -0.973. The Morgan fingerprint density at radius 2 is 1.56 bits per heavy atom. The first-order valence-corrected chi connectivity index (χ1v) is 14.1. The molecule has 41 heavy (non-hydrogen) atoms. The van der Waals surface area contributed by atoms with Gasteiger partial charge in [-0.15, -0.1) is 0 Å². The van der Waals surface area contributed by atoms with Crippen molar-refractivity contribution in [3.05, 3.63) is 124 Å². The van der Waals surface area contributed by atoms with Crippen LogP contribution >= 0.6 is 0 Å². The Kier molecular flexibility index (Phi) is 9.29. The molecule has 0 fully saturated rings. The third kappa shape index (κ3) is 6.94. The maximum atomic E-state index is 11.3. The van der Waals surface area contributed by atoms with Crippen molar-refractivity contribution in [3.8, 4) is 16.9 Å². The number of benzene rings is 4. The Balaban J connectivity index is 1.33. The van der Waals surface area contributed by atoms with Crippen LogP contribution in [0.5, 0.6) is 5.75 Å². The number of methoxy groups -OCH3 is 1. The van der Waals surface area contributed by atoms with Crippen LogP contribution in [0.4, 0.5) is 0 Å². The Morgan fingerprint density at radius 1 is 0.805 bits per heavy atom. The summed E-state index contributed by atoms with van der Waals surface area (Å²) in [5, 5.41) is 9.22. The monoisotopic (exact) mass is 548 g/mol. The van der Waals surface area contributed by atoms with E-state index in [1.165, 1.54) is 23.8 Å². The number of hydrogen-bond acceptors (Lipinski definition) is 4. The number of ether oxygens (including phenoxy) is 3. The molecule has 0 aromatic heterocycles. The van der Waals surface area contributed by atoms with E-state index < -0.39 is 12.1 Å². The zero-order valence-corrected chi connectivity index (χ0v) is 23.6. The number of carbonyl (C=O) groups is 1. The zero-order chi connectivity index (χ0) is 28.6. The van der Waals surface area contributed by atoms with E-state index >= 15 is 0 Å². The summed E-state index contributed by atoms with van der Waals surface area (Å²) in [4.78, 5) is 11.3. The first-order chi connectivity index (χ1) is 20.1. The minimum absolute atomic E-state index is 0.234. The molecule has 5 nitrogen and oxygen atoms in total. The largest absolute Gasteiger partial charge is 0.491 e. The highest BCUT2D eigenvalue weighted by atomic mass is 16.5. The molecule has 0 aliphatic heterocycles. The molecule has 1 aliphatic carbocycles. The fourth-order valence-corrected chi connectivity index (χ4v) is 5.27. The third-order valence-electron chi connectivity index (χ3n) is 7.43. The lowest BCUT2D eigenvalue weighted by Gasteiger charge is -2.22. The molecule has 210 valence electrons. The van der Waals surface area contributed by atoms with Gasteiger partial charge in [-0.2, -0.15) is 0 Å². The molecule has 1 aliphatic rings. The highest BCUT2D eigenvalue weighted by molar-refractivity contribution is 5.78. The van der Waals surface area contributed by atoms with Crippen molar-refractivity contribution in [2.45, 2.75) is 38.4 Å². The highest BCUT2D eigenvalue weighted by Crippen LogP contribution is 2.38. The number of aliphatic carboxylic acids is 1. The number of hydrogen-bond donors (Lipinski definition) is 1. The molecule has 0 radical (unpaired) electrons. The van der Waals surface area contributed by atoms with Crippen LogP contribution in [-0.2, 0) is 27.1 Å². The van der Waals surface area contributed by atoms with Crippen LogP contribution in [0.1, 0.15) is 52.8 Å². The van der Waals surface area contributed by atoms with Gasteiger partial charge in [-0.05, 0) is 69.1 Å². The molecule has 2 atom stereocenters. The Morgan fingerprint density at radius 3 is 2.29 bits per heavy atom. The minimum Gasteiger partial charge on any atom is -0.491 e. The first kappa shape index (κ1) is 28.3. The second-order valence-electron chi connectivity index (χ2n) is 10.3. The zero-order valence-electron chi connectivity index (χ0n) is 23.6. The summed E-state index contributed by atoms with van der Waals surface area (Å²) >= 11 is 0. The van der Waals surface area contributed by atoms with Crippen molar-refractivity contribution in [3.63, 3.8) is 0 Å². The van der Waals surface area contributed by atoms with Crippen molar-refractivity contribution >= 4 is 18.1 Å². The quantitative estimate of drug-likeness (QED) is 0.185. The fourth-order valence-electron chi connectivity index (χ4n) is 5.27. The van der Waals surface area contributed by atoms with Crippen LogP contribution < -0.4 is 4.74 Å². The average molecular weight is 549 g/mol. The number of carboxylic acids is 1. The molecule has 0 heterocycles. The Bertz CT molecular complexity index is 1490. The van der Waals surface area contributed by atoms with Crippen LogP contribution in [-0.4, -0.2) is 37.5 Å². The van der Waals surface area contributed by atoms with E-state index in [9.17, 15) is 9.90 Å². The van der Waals surface area contributed by atoms with Crippen molar-refractivity contribution in [1.29, 1.82) is 0 Å². The molecular formula is C36H36O5. The van der Waals surface area contributed by atoms with E-state index in [0.717, 1.165) is 40.7 Å². The van der Waals surface area contributed by atoms with Crippen LogP contribution in [0.15, 0.2) is 91.0 Å². The molecule has 0 amide bonds. The molecule has 0 saturated carbocycles. The summed E-state index contributed by atoms with van der Waals surface area (Å²) in [6.45, 7) is 2.99. The summed E-state index contributed by atoms with van der Waals surface area (Å²) in [5.74, 6) is -0.264. The van der Waals surface area contributed by atoms with Gasteiger partial charge < -0.3 is 19.3 Å². The molecule has 5 rings (SSSR count). The van der Waals surface area contributed by atoms with Crippen LogP contribution in [0.3, 0.4) is 0 Å². The number of rotatable bonds is 12. The fraction of sp³-hybridized carbons (Fsp3) is 0.250. The van der Waals surface area contributed by atoms with E-state index in [1.54, 1.807) is 0 Å². The van der Waals surface area contributed by atoms with Crippen molar-refractivity contribution in [2.75, 3.05) is 20.3 Å². The molecule has 1 N–H and O–H groups in total. The summed E-state index contributed by atoms with van der Waals surface area (Å²) in [7, 11) is 1.41. The van der Waals surface area contributed by atoms with Gasteiger partial charge in [0.1, 0.15) is 18.5 Å². The van der Waals surface area contributed by atoms with E-state index in [2.05, 4.69) is 79.7 Å². The van der Waals surface area contributed by atoms with E-state index in [0.29, 0.717) is 25.4 Å². The van der Waals surface area contributed by atoms with E-state index in [1.807, 2.05) is 30.3 Å². The van der Waals surface area contributed by atoms with Gasteiger partial charge in [0.15, 0.2) is 6.10 Å². The highest BCUT2D eigenvalue weighted by Gasteiger charge is 2.23. The van der Waals surface area contributed by atoms with E-state index in [4.69, 9.17) is 14.2 Å². The summed E-state index contributed by atoms with van der Waals surface area (Å²) in [6.07, 6.45) is 5.75. The van der Waals surface area contributed by atoms with Crippen LogP contribution in [0.25, 0.3) is 23.3 Å².